The van der Waals surface area contributed by atoms with E-state index in [9.17, 15) is 4.79 Å². The lowest BCUT2D eigenvalue weighted by Gasteiger charge is -2.05. The fourth-order valence-corrected chi connectivity index (χ4v) is 2.28. The van der Waals surface area contributed by atoms with Gasteiger partial charge in [-0.15, -0.1) is 12.6 Å². The summed E-state index contributed by atoms with van der Waals surface area (Å²) < 4.78 is 0. The Morgan fingerprint density at radius 2 is 1.94 bits per heavy atom. The number of hydrogen-bond donors (Lipinski definition) is 2. The minimum Gasteiger partial charge on any atom is -0.356 e. The molecular formula is C14H21NOS2. The van der Waals surface area contributed by atoms with Crippen molar-refractivity contribution in [1.82, 2.24) is 5.32 Å². The zero-order valence-corrected chi connectivity index (χ0v) is 12.5. The lowest BCUT2D eigenvalue weighted by Crippen LogP contribution is -2.26. The molecule has 1 N–H and O–H groups in total. The van der Waals surface area contributed by atoms with Crippen LogP contribution >= 0.6 is 24.4 Å². The van der Waals surface area contributed by atoms with Gasteiger partial charge < -0.3 is 5.32 Å². The molecule has 1 rings (SSSR count). The minimum absolute atomic E-state index is 0.104. The van der Waals surface area contributed by atoms with Crippen molar-refractivity contribution in [2.45, 2.75) is 30.6 Å². The van der Waals surface area contributed by atoms with Gasteiger partial charge in [-0.3, -0.25) is 4.79 Å². The fourth-order valence-electron chi connectivity index (χ4n) is 1.64. The van der Waals surface area contributed by atoms with Crippen molar-refractivity contribution in [2.75, 3.05) is 18.6 Å². The maximum atomic E-state index is 11.7. The third-order valence-electron chi connectivity index (χ3n) is 2.65. The van der Waals surface area contributed by atoms with Gasteiger partial charge in [-0.25, -0.2) is 0 Å². The highest BCUT2D eigenvalue weighted by Gasteiger charge is 2.02. The molecule has 0 spiro atoms. The molecule has 4 heteroatoms. The summed E-state index contributed by atoms with van der Waals surface area (Å²) in [7, 11) is 0. The van der Waals surface area contributed by atoms with E-state index in [0.29, 0.717) is 6.42 Å². The number of rotatable bonds is 8. The average molecular weight is 283 g/mol. The Morgan fingerprint density at radius 1 is 1.22 bits per heavy atom. The number of amides is 1. The summed E-state index contributed by atoms with van der Waals surface area (Å²) in [6.45, 7) is 0.790. The SMILES string of the molecule is CSCCCCCNC(=O)Cc1ccc(S)cc1. The molecule has 0 atom stereocenters. The van der Waals surface area contributed by atoms with Gasteiger partial charge in [0.25, 0.3) is 0 Å². The average Bonchev–Trinajstić information content (AvgIpc) is 2.36. The van der Waals surface area contributed by atoms with E-state index in [4.69, 9.17) is 0 Å². The first-order valence-corrected chi connectivity index (χ1v) is 8.10. The molecule has 0 saturated carbocycles. The fraction of sp³-hybridized carbons (Fsp3) is 0.500. The van der Waals surface area contributed by atoms with Gasteiger partial charge in [0.1, 0.15) is 0 Å². The number of nitrogens with one attached hydrogen (secondary N) is 1. The summed E-state index contributed by atoms with van der Waals surface area (Å²) in [5.41, 5.74) is 1.03. The van der Waals surface area contributed by atoms with E-state index in [1.165, 1.54) is 18.6 Å². The van der Waals surface area contributed by atoms with Crippen LogP contribution < -0.4 is 5.32 Å². The summed E-state index contributed by atoms with van der Waals surface area (Å²) in [5, 5.41) is 2.96. The van der Waals surface area contributed by atoms with Gasteiger partial charge in [0.2, 0.25) is 5.91 Å². The highest BCUT2D eigenvalue weighted by molar-refractivity contribution is 7.98. The second-order valence-corrected chi connectivity index (χ2v) is 5.75. The number of unbranched alkanes of at least 4 members (excludes halogenated alkanes) is 2. The van der Waals surface area contributed by atoms with Crippen molar-refractivity contribution in [3.8, 4) is 0 Å². The van der Waals surface area contributed by atoms with Crippen molar-refractivity contribution in [2.24, 2.45) is 0 Å². The Bertz CT molecular complexity index is 351. The number of carbonyl (C=O) groups excluding carboxylic acids is 1. The molecule has 100 valence electrons. The molecule has 1 aromatic rings. The molecular weight excluding hydrogens is 262 g/mol. The van der Waals surface area contributed by atoms with Crippen molar-refractivity contribution in [1.29, 1.82) is 0 Å². The summed E-state index contributed by atoms with van der Waals surface area (Å²) >= 11 is 6.09. The molecule has 0 aliphatic rings. The predicted octanol–water partition coefficient (Wildman–Crippen LogP) is 3.17. The van der Waals surface area contributed by atoms with Crippen LogP contribution in [0.1, 0.15) is 24.8 Å². The van der Waals surface area contributed by atoms with E-state index in [0.717, 1.165) is 23.4 Å². The van der Waals surface area contributed by atoms with Gasteiger partial charge in [0.05, 0.1) is 6.42 Å². The Hall–Kier alpha value is -0.610. The first kappa shape index (κ1) is 15.4. The molecule has 2 nitrogen and oxygen atoms in total. The lowest BCUT2D eigenvalue weighted by atomic mass is 10.1. The molecule has 1 amide bonds. The van der Waals surface area contributed by atoms with Gasteiger partial charge >= 0.3 is 0 Å². The van der Waals surface area contributed by atoms with Gasteiger partial charge in [-0.05, 0) is 42.5 Å². The molecule has 0 heterocycles. The molecule has 0 bridgehead atoms. The Morgan fingerprint density at radius 3 is 2.61 bits per heavy atom. The number of thiol groups is 1. The molecule has 0 fully saturated rings. The first-order chi connectivity index (χ1) is 8.72. The van der Waals surface area contributed by atoms with E-state index in [2.05, 4.69) is 24.2 Å². The standard InChI is InChI=1S/C14H21NOS2/c1-18-10-4-2-3-9-15-14(16)11-12-5-7-13(17)8-6-12/h5-8,17H,2-4,9-11H2,1H3,(H,15,16). The van der Waals surface area contributed by atoms with Crippen molar-refractivity contribution in [3.63, 3.8) is 0 Å². The molecule has 0 saturated heterocycles. The molecule has 0 aliphatic carbocycles. The van der Waals surface area contributed by atoms with Crippen LogP contribution in [0.15, 0.2) is 29.2 Å². The van der Waals surface area contributed by atoms with Gasteiger partial charge in [0.15, 0.2) is 0 Å². The zero-order valence-electron chi connectivity index (χ0n) is 10.8. The molecule has 18 heavy (non-hydrogen) atoms. The summed E-state index contributed by atoms with van der Waals surface area (Å²) in [5.74, 6) is 1.32. The predicted molar refractivity (Wildman–Crippen MR) is 82.6 cm³/mol. The smallest absolute Gasteiger partial charge is 0.224 e. The van der Waals surface area contributed by atoms with E-state index in [1.807, 2.05) is 36.0 Å². The third-order valence-corrected chi connectivity index (χ3v) is 3.64. The summed E-state index contributed by atoms with van der Waals surface area (Å²) in [6, 6.07) is 7.71. The van der Waals surface area contributed by atoms with E-state index in [1.54, 1.807) is 0 Å². The van der Waals surface area contributed by atoms with Crippen molar-refractivity contribution >= 4 is 30.3 Å². The molecule has 0 aromatic heterocycles. The van der Waals surface area contributed by atoms with Crippen LogP contribution in [0.3, 0.4) is 0 Å². The summed E-state index contributed by atoms with van der Waals surface area (Å²) in [4.78, 5) is 12.6. The van der Waals surface area contributed by atoms with Crippen LogP contribution in [0, 0.1) is 0 Å². The molecule has 0 radical (unpaired) electrons. The second-order valence-electron chi connectivity index (χ2n) is 4.25. The van der Waals surface area contributed by atoms with Gasteiger partial charge in [0, 0.05) is 11.4 Å². The Kier molecular flexibility index (Phi) is 8.01. The Labute approximate surface area is 119 Å². The largest absolute Gasteiger partial charge is 0.356 e. The van der Waals surface area contributed by atoms with Crippen LogP contribution in [0.2, 0.25) is 0 Å². The molecule has 1 aromatic carbocycles. The van der Waals surface area contributed by atoms with E-state index < -0.39 is 0 Å². The topological polar surface area (TPSA) is 29.1 Å². The maximum Gasteiger partial charge on any atom is 0.224 e. The van der Waals surface area contributed by atoms with Gasteiger partial charge in [-0.1, -0.05) is 18.6 Å². The van der Waals surface area contributed by atoms with Crippen molar-refractivity contribution in [3.05, 3.63) is 29.8 Å². The number of thioether (sulfide) groups is 1. The maximum absolute atomic E-state index is 11.7. The van der Waals surface area contributed by atoms with Crippen LogP contribution in [0.25, 0.3) is 0 Å². The van der Waals surface area contributed by atoms with Crippen molar-refractivity contribution < 1.29 is 4.79 Å². The van der Waals surface area contributed by atoms with Crippen LogP contribution in [-0.4, -0.2) is 24.5 Å². The first-order valence-electron chi connectivity index (χ1n) is 6.26. The Balaban J connectivity index is 2.12. The monoisotopic (exact) mass is 283 g/mol. The quantitative estimate of drug-likeness (QED) is 0.567. The number of benzene rings is 1. The van der Waals surface area contributed by atoms with E-state index >= 15 is 0 Å². The van der Waals surface area contributed by atoms with Crippen LogP contribution in [-0.2, 0) is 11.2 Å². The zero-order chi connectivity index (χ0) is 13.2. The minimum atomic E-state index is 0.104. The number of carbonyl (C=O) groups is 1. The second kappa shape index (κ2) is 9.34. The highest BCUT2D eigenvalue weighted by atomic mass is 32.2. The van der Waals surface area contributed by atoms with Gasteiger partial charge in [-0.2, -0.15) is 11.8 Å². The van der Waals surface area contributed by atoms with Crippen LogP contribution in [0.5, 0.6) is 0 Å². The molecule has 0 aliphatic heterocycles. The summed E-state index contributed by atoms with van der Waals surface area (Å²) in [6.07, 6.45) is 6.08. The highest BCUT2D eigenvalue weighted by Crippen LogP contribution is 2.08. The third kappa shape index (κ3) is 6.97. The normalized spacial score (nSPS) is 10.3. The lowest BCUT2D eigenvalue weighted by molar-refractivity contribution is -0.120. The van der Waals surface area contributed by atoms with Crippen LogP contribution in [0.4, 0.5) is 0 Å². The van der Waals surface area contributed by atoms with E-state index in [-0.39, 0.29) is 5.91 Å². The molecule has 0 unspecified atom stereocenters. The number of hydrogen-bond acceptors (Lipinski definition) is 3.